The van der Waals surface area contributed by atoms with Crippen LogP contribution >= 0.6 is 0 Å². The molecule has 0 saturated carbocycles. The molecule has 0 aliphatic carbocycles. The summed E-state index contributed by atoms with van der Waals surface area (Å²) in [5.74, 6) is 0. The van der Waals surface area contributed by atoms with Crippen LogP contribution in [0.4, 0.5) is 5.69 Å². The first kappa shape index (κ1) is 8.91. The van der Waals surface area contributed by atoms with Crippen LogP contribution in [0, 0.1) is 0 Å². The number of hydrogen-bond donors (Lipinski definition) is 1. The number of nitrogen functional groups attached to an aromatic ring is 1. The number of anilines is 1. The molecule has 0 amide bonds. The molecule has 0 aliphatic heterocycles. The zero-order valence-electron chi connectivity index (χ0n) is 8.54. The van der Waals surface area contributed by atoms with Crippen LogP contribution < -0.4 is 5.73 Å². The lowest BCUT2D eigenvalue weighted by molar-refractivity contribution is 0.904. The van der Waals surface area contributed by atoms with E-state index in [4.69, 9.17) is 5.73 Å². The minimum absolute atomic E-state index is 0.636. The molecule has 2 N–H and O–H groups in total. The van der Waals surface area contributed by atoms with Crippen LogP contribution in [0.15, 0.2) is 48.9 Å². The molecule has 16 heavy (non-hydrogen) atoms. The van der Waals surface area contributed by atoms with E-state index in [2.05, 4.69) is 10.1 Å². The molecule has 0 spiro atoms. The highest BCUT2D eigenvalue weighted by Crippen LogP contribution is 2.18. The lowest BCUT2D eigenvalue weighted by Gasteiger charge is -2.03. The van der Waals surface area contributed by atoms with Crippen LogP contribution in [-0.4, -0.2) is 14.8 Å². The van der Waals surface area contributed by atoms with E-state index in [9.17, 15) is 0 Å². The fourth-order valence-electron chi connectivity index (χ4n) is 1.74. The summed E-state index contributed by atoms with van der Waals surface area (Å²) in [6.45, 7) is 0. The van der Waals surface area contributed by atoms with Crippen molar-refractivity contribution in [2.75, 3.05) is 5.73 Å². The van der Waals surface area contributed by atoms with Crippen molar-refractivity contribution in [3.8, 4) is 5.69 Å². The van der Waals surface area contributed by atoms with Gasteiger partial charge in [-0.15, -0.1) is 0 Å². The quantitative estimate of drug-likeness (QED) is 0.668. The highest BCUT2D eigenvalue weighted by molar-refractivity contribution is 5.80. The summed E-state index contributed by atoms with van der Waals surface area (Å²) in [5.41, 5.74) is 8.27. The van der Waals surface area contributed by atoms with E-state index in [1.54, 1.807) is 12.4 Å². The second-order valence-corrected chi connectivity index (χ2v) is 3.59. The van der Waals surface area contributed by atoms with E-state index in [-0.39, 0.29) is 0 Å². The Morgan fingerprint density at radius 3 is 2.81 bits per heavy atom. The number of nitrogens with zero attached hydrogens (tertiary/aromatic N) is 3. The Labute approximate surface area is 92.3 Å². The number of nitrogens with two attached hydrogens (primary N) is 1. The van der Waals surface area contributed by atoms with Gasteiger partial charge in [-0.1, -0.05) is 18.2 Å². The summed E-state index contributed by atoms with van der Waals surface area (Å²) in [6, 6.07) is 9.88. The third kappa shape index (κ3) is 1.32. The number of fused-ring (bicyclic) bond motifs is 1. The van der Waals surface area contributed by atoms with Gasteiger partial charge < -0.3 is 5.73 Å². The molecular weight excluding hydrogens is 200 g/mol. The first-order valence-corrected chi connectivity index (χ1v) is 4.98. The lowest BCUT2D eigenvalue weighted by Crippen LogP contribution is -1.98. The minimum Gasteiger partial charge on any atom is -0.397 e. The number of aromatic nitrogens is 3. The number of rotatable bonds is 1. The Hall–Kier alpha value is -2.36. The molecule has 2 aromatic heterocycles. The third-order valence-corrected chi connectivity index (χ3v) is 2.47. The molecule has 1 aromatic carbocycles. The molecule has 4 heteroatoms. The third-order valence-electron chi connectivity index (χ3n) is 2.47. The number of benzene rings is 1. The summed E-state index contributed by atoms with van der Waals surface area (Å²) < 4.78 is 1.83. The topological polar surface area (TPSA) is 56.7 Å². The van der Waals surface area contributed by atoms with Crippen LogP contribution in [0.3, 0.4) is 0 Å². The molecule has 0 bridgehead atoms. The second-order valence-electron chi connectivity index (χ2n) is 3.59. The monoisotopic (exact) mass is 210 g/mol. The summed E-state index contributed by atoms with van der Waals surface area (Å²) in [6.07, 6.45) is 5.20. The SMILES string of the molecule is Nc1cncc(-n2ncc3ccccc32)c1. The van der Waals surface area contributed by atoms with Crippen LogP contribution in [0.5, 0.6) is 0 Å². The van der Waals surface area contributed by atoms with Gasteiger partial charge in [0.15, 0.2) is 0 Å². The zero-order valence-corrected chi connectivity index (χ0v) is 8.54. The summed E-state index contributed by atoms with van der Waals surface area (Å²) >= 11 is 0. The van der Waals surface area contributed by atoms with Gasteiger partial charge in [-0.05, 0) is 12.1 Å². The molecule has 0 fully saturated rings. The smallest absolute Gasteiger partial charge is 0.0856 e. The minimum atomic E-state index is 0.636. The maximum absolute atomic E-state index is 5.71. The van der Waals surface area contributed by atoms with E-state index < -0.39 is 0 Å². The van der Waals surface area contributed by atoms with Crippen molar-refractivity contribution in [1.82, 2.24) is 14.8 Å². The van der Waals surface area contributed by atoms with Crippen molar-refractivity contribution in [3.05, 3.63) is 48.9 Å². The molecule has 3 rings (SSSR count). The predicted octanol–water partition coefficient (Wildman–Crippen LogP) is 2.00. The standard InChI is InChI=1S/C12H10N4/c13-10-5-11(8-14-7-10)16-12-4-2-1-3-9(12)6-15-16/h1-8H,13H2. The van der Waals surface area contributed by atoms with Gasteiger partial charge in [0.05, 0.1) is 29.3 Å². The van der Waals surface area contributed by atoms with Gasteiger partial charge in [-0.2, -0.15) is 5.10 Å². The highest BCUT2D eigenvalue weighted by Gasteiger charge is 2.04. The molecular formula is C12H10N4. The van der Waals surface area contributed by atoms with Gasteiger partial charge in [0.1, 0.15) is 0 Å². The van der Waals surface area contributed by atoms with Crippen LogP contribution in [0.2, 0.25) is 0 Å². The van der Waals surface area contributed by atoms with Gasteiger partial charge in [-0.25, -0.2) is 4.68 Å². The Morgan fingerprint density at radius 2 is 1.94 bits per heavy atom. The normalized spacial score (nSPS) is 10.8. The predicted molar refractivity (Wildman–Crippen MR) is 63.3 cm³/mol. The van der Waals surface area contributed by atoms with Crippen molar-refractivity contribution in [2.45, 2.75) is 0 Å². The average molecular weight is 210 g/mol. The molecule has 3 aromatic rings. The Kier molecular flexibility index (Phi) is 1.86. The molecule has 0 aliphatic rings. The van der Waals surface area contributed by atoms with Crippen LogP contribution in [0.25, 0.3) is 16.6 Å². The molecule has 4 nitrogen and oxygen atoms in total. The fraction of sp³-hybridized carbons (Fsp3) is 0. The van der Waals surface area contributed by atoms with Crippen molar-refractivity contribution in [1.29, 1.82) is 0 Å². The van der Waals surface area contributed by atoms with Gasteiger partial charge in [0.25, 0.3) is 0 Å². The molecule has 0 atom stereocenters. The highest BCUT2D eigenvalue weighted by atomic mass is 15.3. The van der Waals surface area contributed by atoms with Gasteiger partial charge in [-0.3, -0.25) is 4.98 Å². The molecule has 2 heterocycles. The van der Waals surface area contributed by atoms with Gasteiger partial charge >= 0.3 is 0 Å². The van der Waals surface area contributed by atoms with E-state index >= 15 is 0 Å². The average Bonchev–Trinajstić information content (AvgIpc) is 2.72. The molecule has 0 unspecified atom stereocenters. The van der Waals surface area contributed by atoms with E-state index in [1.165, 1.54) is 0 Å². The van der Waals surface area contributed by atoms with Gasteiger partial charge in [0, 0.05) is 11.6 Å². The fourth-order valence-corrected chi connectivity index (χ4v) is 1.74. The van der Waals surface area contributed by atoms with E-state index in [0.29, 0.717) is 5.69 Å². The van der Waals surface area contributed by atoms with E-state index in [1.807, 2.05) is 41.2 Å². The van der Waals surface area contributed by atoms with Crippen molar-refractivity contribution >= 4 is 16.6 Å². The van der Waals surface area contributed by atoms with Crippen LogP contribution in [-0.2, 0) is 0 Å². The maximum Gasteiger partial charge on any atom is 0.0856 e. The first-order valence-electron chi connectivity index (χ1n) is 4.98. The number of pyridine rings is 1. The molecule has 0 saturated heterocycles. The summed E-state index contributed by atoms with van der Waals surface area (Å²) in [5, 5.41) is 5.43. The van der Waals surface area contributed by atoms with Crippen molar-refractivity contribution < 1.29 is 0 Å². The maximum atomic E-state index is 5.71. The number of hydrogen-bond acceptors (Lipinski definition) is 3. The molecule has 0 radical (unpaired) electrons. The largest absolute Gasteiger partial charge is 0.397 e. The van der Waals surface area contributed by atoms with Gasteiger partial charge in [0.2, 0.25) is 0 Å². The zero-order chi connectivity index (χ0) is 11.0. The molecule has 78 valence electrons. The Bertz CT molecular complexity index is 642. The first-order chi connectivity index (χ1) is 7.84. The van der Waals surface area contributed by atoms with Crippen molar-refractivity contribution in [3.63, 3.8) is 0 Å². The van der Waals surface area contributed by atoms with Crippen LogP contribution in [0.1, 0.15) is 0 Å². The van der Waals surface area contributed by atoms with Crippen molar-refractivity contribution in [2.24, 2.45) is 0 Å². The lowest BCUT2D eigenvalue weighted by atomic mass is 10.2. The number of para-hydroxylation sites is 1. The summed E-state index contributed by atoms with van der Waals surface area (Å²) in [7, 11) is 0. The summed E-state index contributed by atoms with van der Waals surface area (Å²) in [4.78, 5) is 4.06. The Balaban J connectivity index is 2.26. The van der Waals surface area contributed by atoms with E-state index in [0.717, 1.165) is 16.6 Å². The Morgan fingerprint density at radius 1 is 1.06 bits per heavy atom. The second kappa shape index (κ2) is 3.34.